The van der Waals surface area contributed by atoms with Crippen molar-refractivity contribution in [3.63, 3.8) is 0 Å². The molecule has 1 N–H and O–H groups in total. The molecule has 0 aliphatic rings. The van der Waals surface area contributed by atoms with E-state index in [0.29, 0.717) is 16.5 Å². The second-order valence-corrected chi connectivity index (χ2v) is 3.68. The van der Waals surface area contributed by atoms with Gasteiger partial charge in [0, 0.05) is 16.5 Å². The zero-order valence-corrected chi connectivity index (χ0v) is 9.08. The lowest BCUT2D eigenvalue weighted by atomic mass is 10.1. The Morgan fingerprint density at radius 1 is 1.50 bits per heavy atom. The number of halogens is 2. The first-order valence-corrected chi connectivity index (χ1v) is 4.60. The monoisotopic (exact) mass is 208 g/mol. The van der Waals surface area contributed by atoms with Crippen molar-refractivity contribution in [1.29, 1.82) is 0 Å². The first kappa shape index (κ1) is 12.0. The lowest BCUT2D eigenvalue weighted by Gasteiger charge is -2.09. The van der Waals surface area contributed by atoms with E-state index in [0.717, 1.165) is 5.57 Å². The third kappa shape index (κ3) is 4.15. The summed E-state index contributed by atoms with van der Waals surface area (Å²) in [5.74, 6) is 0. The van der Waals surface area contributed by atoms with Gasteiger partial charge >= 0.3 is 0 Å². The summed E-state index contributed by atoms with van der Waals surface area (Å²) in [6.45, 7) is 5.31. The van der Waals surface area contributed by atoms with Gasteiger partial charge < -0.3 is 5.11 Å². The van der Waals surface area contributed by atoms with Crippen LogP contribution in [0.25, 0.3) is 0 Å². The Kier molecular flexibility index (Phi) is 5.64. The zero-order valence-electron chi connectivity index (χ0n) is 7.56. The molecule has 0 bridgehead atoms. The molecule has 0 aromatic heterocycles. The van der Waals surface area contributed by atoms with Crippen molar-refractivity contribution in [2.75, 3.05) is 0 Å². The molecule has 1 nitrogen and oxygen atoms in total. The van der Waals surface area contributed by atoms with Gasteiger partial charge in [-0.1, -0.05) is 29.3 Å². The molecule has 3 heteroatoms. The summed E-state index contributed by atoms with van der Waals surface area (Å²) in [6, 6.07) is 0. The van der Waals surface area contributed by atoms with Crippen LogP contribution in [0.4, 0.5) is 0 Å². The van der Waals surface area contributed by atoms with E-state index in [4.69, 9.17) is 28.3 Å². The third-order valence-corrected chi connectivity index (χ3v) is 2.13. The average molecular weight is 209 g/mol. The van der Waals surface area contributed by atoms with Crippen LogP contribution in [-0.4, -0.2) is 11.2 Å². The summed E-state index contributed by atoms with van der Waals surface area (Å²) < 4.78 is 0. The van der Waals surface area contributed by atoms with Crippen LogP contribution in [0.2, 0.25) is 0 Å². The Bertz CT molecular complexity index is 201. The van der Waals surface area contributed by atoms with Gasteiger partial charge in [0.25, 0.3) is 0 Å². The van der Waals surface area contributed by atoms with Gasteiger partial charge in [-0.3, -0.25) is 0 Å². The van der Waals surface area contributed by atoms with E-state index < -0.39 is 6.10 Å². The van der Waals surface area contributed by atoms with Crippen molar-refractivity contribution in [3.05, 3.63) is 21.7 Å². The average Bonchev–Trinajstić information content (AvgIpc) is 1.98. The van der Waals surface area contributed by atoms with Crippen LogP contribution in [-0.2, 0) is 0 Å². The summed E-state index contributed by atoms with van der Waals surface area (Å²) in [5.41, 5.74) is 0.816. The highest BCUT2D eigenvalue weighted by molar-refractivity contribution is 6.35. The highest BCUT2D eigenvalue weighted by Gasteiger charge is 2.08. The minimum Gasteiger partial charge on any atom is -0.393 e. The van der Waals surface area contributed by atoms with Crippen molar-refractivity contribution < 1.29 is 5.11 Å². The van der Waals surface area contributed by atoms with E-state index >= 15 is 0 Å². The lowest BCUT2D eigenvalue weighted by molar-refractivity contribution is 0.196. The van der Waals surface area contributed by atoms with Gasteiger partial charge in [-0.15, -0.1) is 0 Å². The van der Waals surface area contributed by atoms with Gasteiger partial charge in [0.05, 0.1) is 6.10 Å². The van der Waals surface area contributed by atoms with Crippen molar-refractivity contribution in [3.8, 4) is 0 Å². The van der Waals surface area contributed by atoms with Gasteiger partial charge in [-0.2, -0.15) is 0 Å². The second kappa shape index (κ2) is 5.63. The highest BCUT2D eigenvalue weighted by Crippen LogP contribution is 2.25. The fourth-order valence-corrected chi connectivity index (χ4v) is 1.32. The van der Waals surface area contributed by atoms with Crippen LogP contribution in [0.5, 0.6) is 0 Å². The van der Waals surface area contributed by atoms with Gasteiger partial charge in [0.1, 0.15) is 0 Å². The fourth-order valence-electron chi connectivity index (χ4n) is 0.872. The Morgan fingerprint density at radius 3 is 2.25 bits per heavy atom. The smallest absolute Gasteiger partial charge is 0.0553 e. The molecule has 1 unspecified atom stereocenters. The van der Waals surface area contributed by atoms with Crippen molar-refractivity contribution in [2.45, 2.75) is 33.3 Å². The van der Waals surface area contributed by atoms with Crippen LogP contribution < -0.4 is 0 Å². The minimum atomic E-state index is -0.414. The molecule has 0 aromatic carbocycles. The van der Waals surface area contributed by atoms with Gasteiger partial charge in [0.2, 0.25) is 0 Å². The Labute approximate surface area is 83.7 Å². The van der Waals surface area contributed by atoms with Crippen LogP contribution >= 0.6 is 23.2 Å². The molecule has 0 aromatic rings. The summed E-state index contributed by atoms with van der Waals surface area (Å²) in [6.07, 6.45) is 1.85. The van der Waals surface area contributed by atoms with Crippen LogP contribution in [0.1, 0.15) is 27.2 Å². The first-order chi connectivity index (χ1) is 5.49. The Morgan fingerprint density at radius 2 is 2.00 bits per heavy atom. The van der Waals surface area contributed by atoms with Gasteiger partial charge in [-0.25, -0.2) is 0 Å². The first-order valence-electron chi connectivity index (χ1n) is 3.84. The maximum Gasteiger partial charge on any atom is 0.0553 e. The molecular formula is C9H14Cl2O. The largest absolute Gasteiger partial charge is 0.393 e. The maximum atomic E-state index is 9.14. The number of rotatable bonds is 3. The number of aliphatic hydroxyl groups excluding tert-OH is 1. The summed E-state index contributed by atoms with van der Waals surface area (Å²) in [7, 11) is 0. The molecule has 0 saturated heterocycles. The maximum absolute atomic E-state index is 9.14. The number of hydrogen-bond donors (Lipinski definition) is 1. The summed E-state index contributed by atoms with van der Waals surface area (Å²) >= 11 is 11.7. The molecule has 0 heterocycles. The summed E-state index contributed by atoms with van der Waals surface area (Å²) in [5, 5.41) is 10.4. The second-order valence-electron chi connectivity index (χ2n) is 2.70. The molecule has 12 heavy (non-hydrogen) atoms. The molecule has 0 aliphatic heterocycles. The van der Waals surface area contributed by atoms with Crippen molar-refractivity contribution in [1.82, 2.24) is 0 Å². The molecule has 0 spiro atoms. The molecule has 0 rings (SSSR count). The Hall–Kier alpha value is 0.0200. The molecule has 1 atom stereocenters. The molecular weight excluding hydrogens is 195 g/mol. The molecule has 0 aliphatic carbocycles. The van der Waals surface area contributed by atoms with Gasteiger partial charge in [-0.05, 0) is 26.3 Å². The van der Waals surface area contributed by atoms with E-state index in [9.17, 15) is 0 Å². The molecule has 0 radical (unpaired) electrons. The highest BCUT2D eigenvalue weighted by atomic mass is 35.5. The molecule has 0 amide bonds. The van der Waals surface area contributed by atoms with E-state index in [2.05, 4.69) is 0 Å². The molecule has 0 fully saturated rings. The number of hydrogen-bond acceptors (Lipinski definition) is 1. The predicted octanol–water partition coefficient (Wildman–Crippen LogP) is 3.41. The van der Waals surface area contributed by atoms with E-state index in [1.807, 2.05) is 6.92 Å². The van der Waals surface area contributed by atoms with Crippen molar-refractivity contribution in [2.24, 2.45) is 0 Å². The topological polar surface area (TPSA) is 20.2 Å². The summed E-state index contributed by atoms with van der Waals surface area (Å²) in [4.78, 5) is 0. The SMILES string of the molecule is CC=C(Cl)C(CC(C)O)=C(C)Cl. The normalized spacial score (nSPS) is 17.3. The molecule has 0 saturated carbocycles. The van der Waals surface area contributed by atoms with Gasteiger partial charge in [0.15, 0.2) is 0 Å². The zero-order chi connectivity index (χ0) is 9.72. The third-order valence-electron chi connectivity index (χ3n) is 1.46. The fraction of sp³-hybridized carbons (Fsp3) is 0.556. The van der Waals surface area contributed by atoms with Crippen molar-refractivity contribution >= 4 is 23.2 Å². The van der Waals surface area contributed by atoms with E-state index in [1.54, 1.807) is 19.9 Å². The van der Waals surface area contributed by atoms with Crippen LogP contribution in [0, 0.1) is 0 Å². The number of allylic oxidation sites excluding steroid dienone is 3. The quantitative estimate of drug-likeness (QED) is 0.706. The Balaban J connectivity index is 4.60. The molecule has 70 valence electrons. The lowest BCUT2D eigenvalue weighted by Crippen LogP contribution is -2.02. The van der Waals surface area contributed by atoms with E-state index in [-0.39, 0.29) is 0 Å². The standard InChI is InChI=1S/C9H14Cl2O/c1-4-9(11)8(7(3)10)5-6(2)12/h4,6,12H,5H2,1-3H3. The van der Waals surface area contributed by atoms with Crippen LogP contribution in [0.3, 0.4) is 0 Å². The van der Waals surface area contributed by atoms with E-state index in [1.165, 1.54) is 0 Å². The van der Waals surface area contributed by atoms with Crippen LogP contribution in [0.15, 0.2) is 21.7 Å². The number of aliphatic hydroxyl groups is 1. The predicted molar refractivity (Wildman–Crippen MR) is 54.5 cm³/mol. The minimum absolute atomic E-state index is 0.414.